The van der Waals surface area contributed by atoms with Crippen LogP contribution >= 0.6 is 27.5 Å². The highest BCUT2D eigenvalue weighted by atomic mass is 79.9. The highest BCUT2D eigenvalue weighted by Crippen LogP contribution is 2.26. The largest absolute Gasteiger partial charge is 0.361 e. The molecular weight excluding hydrogens is 352 g/mol. The fourth-order valence-electron chi connectivity index (χ4n) is 2.24. The maximum atomic E-state index is 12.2. The first-order valence-corrected chi connectivity index (χ1v) is 7.60. The lowest BCUT2D eigenvalue weighted by atomic mass is 10.1. The predicted molar refractivity (Wildman–Crippen MR) is 89.8 cm³/mol. The van der Waals surface area contributed by atoms with Crippen molar-refractivity contribution in [1.29, 1.82) is 0 Å². The molecule has 1 heterocycles. The van der Waals surface area contributed by atoms with Crippen LogP contribution in [0.5, 0.6) is 0 Å². The van der Waals surface area contributed by atoms with Crippen LogP contribution in [0, 0.1) is 0 Å². The Balaban J connectivity index is 1.79. The number of halogens is 2. The van der Waals surface area contributed by atoms with Gasteiger partial charge in [0.2, 0.25) is 5.91 Å². The second kappa shape index (κ2) is 5.92. The van der Waals surface area contributed by atoms with Gasteiger partial charge in [0.05, 0.1) is 12.1 Å². The molecule has 2 N–H and O–H groups in total. The fourth-order valence-corrected chi connectivity index (χ4v) is 2.76. The summed E-state index contributed by atoms with van der Waals surface area (Å²) in [5, 5.41) is 4.52. The van der Waals surface area contributed by atoms with Gasteiger partial charge in [-0.15, -0.1) is 0 Å². The van der Waals surface area contributed by atoms with Gasteiger partial charge in [0, 0.05) is 26.6 Å². The lowest BCUT2D eigenvalue weighted by molar-refractivity contribution is -0.115. The van der Waals surface area contributed by atoms with Crippen molar-refractivity contribution < 1.29 is 4.79 Å². The number of H-pyrrole nitrogens is 1. The topological polar surface area (TPSA) is 44.9 Å². The fraction of sp³-hybridized carbons (Fsp3) is 0.0625. The molecule has 0 saturated heterocycles. The number of fused-ring (bicyclic) bond motifs is 1. The highest BCUT2D eigenvalue weighted by Gasteiger charge is 2.10. The summed E-state index contributed by atoms with van der Waals surface area (Å²) in [7, 11) is 0. The average Bonchev–Trinajstić information content (AvgIpc) is 2.86. The first-order valence-electron chi connectivity index (χ1n) is 6.43. The number of hydrogen-bond acceptors (Lipinski definition) is 1. The zero-order chi connectivity index (χ0) is 14.8. The van der Waals surface area contributed by atoms with Crippen LogP contribution in [-0.4, -0.2) is 10.9 Å². The van der Waals surface area contributed by atoms with Crippen LogP contribution in [0.2, 0.25) is 5.02 Å². The summed E-state index contributed by atoms with van der Waals surface area (Å²) in [5.41, 5.74) is 2.68. The average molecular weight is 364 g/mol. The summed E-state index contributed by atoms with van der Waals surface area (Å²) in [6, 6.07) is 13.2. The first kappa shape index (κ1) is 14.2. The maximum absolute atomic E-state index is 12.2. The smallest absolute Gasteiger partial charge is 0.228 e. The molecule has 0 saturated carbocycles. The van der Waals surface area contributed by atoms with Gasteiger partial charge >= 0.3 is 0 Å². The Bertz CT molecular complexity index is 813. The number of amides is 1. The molecule has 0 aliphatic rings. The van der Waals surface area contributed by atoms with Gasteiger partial charge in [-0.2, -0.15) is 0 Å². The van der Waals surface area contributed by atoms with Crippen molar-refractivity contribution >= 4 is 50.0 Å². The third-order valence-electron chi connectivity index (χ3n) is 3.23. The molecule has 0 spiro atoms. The number of rotatable bonds is 3. The van der Waals surface area contributed by atoms with Crippen LogP contribution < -0.4 is 5.32 Å². The number of carbonyl (C=O) groups is 1. The van der Waals surface area contributed by atoms with E-state index in [-0.39, 0.29) is 5.91 Å². The van der Waals surface area contributed by atoms with Gasteiger partial charge in [-0.05, 0) is 45.8 Å². The number of aromatic amines is 1. The van der Waals surface area contributed by atoms with Crippen LogP contribution in [0.4, 0.5) is 5.69 Å². The molecule has 2 aromatic carbocycles. The zero-order valence-electron chi connectivity index (χ0n) is 11.0. The number of aromatic nitrogens is 1. The van der Waals surface area contributed by atoms with Crippen molar-refractivity contribution in [3.05, 3.63) is 63.7 Å². The molecule has 0 aliphatic carbocycles. The molecule has 3 nitrogen and oxygen atoms in total. The van der Waals surface area contributed by atoms with E-state index in [1.54, 1.807) is 12.1 Å². The van der Waals surface area contributed by atoms with Crippen molar-refractivity contribution in [2.75, 3.05) is 5.32 Å². The molecular formula is C16H12BrClN2O. The Morgan fingerprint density at radius 3 is 2.90 bits per heavy atom. The normalized spacial score (nSPS) is 10.8. The zero-order valence-corrected chi connectivity index (χ0v) is 13.3. The van der Waals surface area contributed by atoms with E-state index in [1.165, 1.54) is 0 Å². The van der Waals surface area contributed by atoms with Crippen LogP contribution in [0.25, 0.3) is 10.9 Å². The van der Waals surface area contributed by atoms with E-state index in [4.69, 9.17) is 11.6 Å². The summed E-state index contributed by atoms with van der Waals surface area (Å²) in [5.74, 6) is -0.0808. The molecule has 21 heavy (non-hydrogen) atoms. The molecule has 3 rings (SSSR count). The van der Waals surface area contributed by atoms with Crippen LogP contribution in [0.15, 0.2) is 53.1 Å². The monoisotopic (exact) mass is 362 g/mol. The number of carbonyl (C=O) groups excluding carboxylic acids is 1. The molecule has 0 aliphatic heterocycles. The van der Waals surface area contributed by atoms with Crippen LogP contribution in [0.1, 0.15) is 5.56 Å². The number of anilines is 1. The third kappa shape index (κ3) is 3.12. The SMILES string of the molecule is O=C(Cc1c[nH]c2ccccc12)Nc1cc(Cl)ccc1Br. The predicted octanol–water partition coefficient (Wildman–Crippen LogP) is 4.77. The molecule has 3 aromatic rings. The van der Waals surface area contributed by atoms with Crippen molar-refractivity contribution in [2.45, 2.75) is 6.42 Å². The quantitative estimate of drug-likeness (QED) is 0.692. The number of benzene rings is 2. The summed E-state index contributed by atoms with van der Waals surface area (Å²) >= 11 is 9.34. The number of para-hydroxylation sites is 1. The Labute approximate surface area is 135 Å². The third-order valence-corrected chi connectivity index (χ3v) is 4.16. The van der Waals surface area contributed by atoms with Crippen LogP contribution in [-0.2, 0) is 11.2 Å². The second-order valence-corrected chi connectivity index (χ2v) is 6.00. The molecule has 0 unspecified atom stereocenters. The van der Waals surface area contributed by atoms with E-state index in [2.05, 4.69) is 26.2 Å². The van der Waals surface area contributed by atoms with Gasteiger partial charge < -0.3 is 10.3 Å². The van der Waals surface area contributed by atoms with Gasteiger partial charge in [0.15, 0.2) is 0 Å². The van der Waals surface area contributed by atoms with Crippen molar-refractivity contribution in [3.63, 3.8) is 0 Å². The number of hydrogen-bond donors (Lipinski definition) is 2. The Hall–Kier alpha value is -1.78. The van der Waals surface area contributed by atoms with E-state index < -0.39 is 0 Å². The van der Waals surface area contributed by atoms with Gasteiger partial charge in [0.1, 0.15) is 0 Å². The van der Waals surface area contributed by atoms with E-state index in [0.717, 1.165) is 20.9 Å². The van der Waals surface area contributed by atoms with E-state index in [1.807, 2.05) is 36.5 Å². The van der Waals surface area contributed by atoms with E-state index >= 15 is 0 Å². The molecule has 1 aromatic heterocycles. The number of nitrogens with one attached hydrogen (secondary N) is 2. The van der Waals surface area contributed by atoms with Gasteiger partial charge in [-0.25, -0.2) is 0 Å². The lowest BCUT2D eigenvalue weighted by Gasteiger charge is -2.07. The minimum Gasteiger partial charge on any atom is -0.361 e. The second-order valence-electron chi connectivity index (χ2n) is 4.71. The van der Waals surface area contributed by atoms with E-state index in [9.17, 15) is 4.79 Å². The molecule has 106 valence electrons. The summed E-state index contributed by atoms with van der Waals surface area (Å²) in [6.07, 6.45) is 2.18. The minimum absolute atomic E-state index is 0.0808. The van der Waals surface area contributed by atoms with Crippen molar-refractivity contribution in [1.82, 2.24) is 4.98 Å². The Kier molecular flexibility index (Phi) is 3.99. The maximum Gasteiger partial charge on any atom is 0.228 e. The summed E-state index contributed by atoms with van der Waals surface area (Å²) in [4.78, 5) is 15.4. The molecule has 0 fully saturated rings. The summed E-state index contributed by atoms with van der Waals surface area (Å²) < 4.78 is 0.805. The van der Waals surface area contributed by atoms with Crippen LogP contribution in [0.3, 0.4) is 0 Å². The van der Waals surface area contributed by atoms with Crippen molar-refractivity contribution in [3.8, 4) is 0 Å². The van der Waals surface area contributed by atoms with Gasteiger partial charge in [-0.1, -0.05) is 29.8 Å². The minimum atomic E-state index is -0.0808. The standard InChI is InChI=1S/C16H12BrClN2O/c17-13-6-5-11(18)8-15(13)20-16(21)7-10-9-19-14-4-2-1-3-12(10)14/h1-6,8-9,19H,7H2,(H,20,21). The molecule has 0 bridgehead atoms. The molecule has 0 atom stereocenters. The van der Waals surface area contributed by atoms with Crippen molar-refractivity contribution in [2.24, 2.45) is 0 Å². The lowest BCUT2D eigenvalue weighted by Crippen LogP contribution is -2.14. The first-order chi connectivity index (χ1) is 10.1. The van der Waals surface area contributed by atoms with Gasteiger partial charge in [0.25, 0.3) is 0 Å². The Morgan fingerprint density at radius 2 is 2.05 bits per heavy atom. The summed E-state index contributed by atoms with van der Waals surface area (Å²) in [6.45, 7) is 0. The Morgan fingerprint density at radius 1 is 1.24 bits per heavy atom. The van der Waals surface area contributed by atoms with Gasteiger partial charge in [-0.3, -0.25) is 4.79 Å². The molecule has 5 heteroatoms. The molecule has 1 amide bonds. The molecule has 0 radical (unpaired) electrons. The highest BCUT2D eigenvalue weighted by molar-refractivity contribution is 9.10. The van der Waals surface area contributed by atoms with E-state index in [0.29, 0.717) is 17.1 Å².